The Morgan fingerprint density at radius 3 is 2.09 bits per heavy atom. The van der Waals surface area contributed by atoms with Crippen molar-refractivity contribution < 1.29 is 38.2 Å². The number of aliphatic hydroxyl groups excluding tert-OH is 2. The summed E-state index contributed by atoms with van der Waals surface area (Å²) in [6.45, 7) is 3.33. The third kappa shape index (κ3) is 17.8. The van der Waals surface area contributed by atoms with Crippen molar-refractivity contribution >= 4 is 0 Å². The van der Waals surface area contributed by atoms with E-state index in [1.807, 2.05) is 0 Å². The number of aliphatic hydroxyl groups is 2. The first-order valence-electron chi connectivity index (χ1n) is 2.71. The molecule has 6 N–H and O–H groups in total. The Labute approximate surface area is 77.0 Å². The summed E-state index contributed by atoms with van der Waals surface area (Å²) in [7, 11) is 0. The van der Waals surface area contributed by atoms with Gasteiger partial charge in [-0.2, -0.15) is 0 Å². The predicted molar refractivity (Wildman–Crippen MR) is 39.8 cm³/mol. The smallest absolute Gasteiger partial charge is 0.0773 e. The molecule has 0 unspecified atom stereocenters. The zero-order chi connectivity index (χ0) is 6.41. The van der Waals surface area contributed by atoms with E-state index < -0.39 is 6.10 Å². The van der Waals surface area contributed by atoms with E-state index in [9.17, 15) is 0 Å². The van der Waals surface area contributed by atoms with Gasteiger partial charge in [0, 0.05) is 17.1 Å². The third-order valence-corrected chi connectivity index (χ3v) is 0.915. The summed E-state index contributed by atoms with van der Waals surface area (Å²) in [4.78, 5) is 0. The van der Waals surface area contributed by atoms with Crippen LogP contribution in [0.4, 0.5) is 0 Å². The molecule has 0 saturated heterocycles. The zero-order valence-electron chi connectivity index (χ0n) is 6.26. The Hall–Kier alpha value is 0.0995. The maximum atomic E-state index is 8.69. The molecule has 0 aromatic carbocycles. The van der Waals surface area contributed by atoms with Crippen molar-refractivity contribution in [2.24, 2.45) is 0 Å². The third-order valence-electron chi connectivity index (χ3n) is 0.915. The van der Waals surface area contributed by atoms with Crippen molar-refractivity contribution in [3.05, 3.63) is 12.7 Å². The number of rotatable bonds is 4. The van der Waals surface area contributed by atoms with Crippen LogP contribution in [-0.4, -0.2) is 33.9 Å². The minimum absolute atomic E-state index is 0. The van der Waals surface area contributed by atoms with Crippen molar-refractivity contribution in [2.75, 3.05) is 6.61 Å². The SMILES string of the molecule is C=CCC[C@@H](O)CO.O.O.[Mn]. The fraction of sp³-hybridized carbons (Fsp3) is 0.667. The normalized spacial score (nSPS) is 9.64. The van der Waals surface area contributed by atoms with Crippen LogP contribution in [0.3, 0.4) is 0 Å². The Bertz CT molecular complexity index is 69.6. The molecule has 0 bridgehead atoms. The molecule has 0 saturated carbocycles. The van der Waals surface area contributed by atoms with Gasteiger partial charge < -0.3 is 21.2 Å². The fourth-order valence-electron chi connectivity index (χ4n) is 0.402. The molecule has 0 aromatic heterocycles. The molecule has 0 fully saturated rings. The van der Waals surface area contributed by atoms with Gasteiger partial charge in [-0.05, 0) is 12.8 Å². The second-order valence-corrected chi connectivity index (χ2v) is 1.70. The molecule has 4 nitrogen and oxygen atoms in total. The van der Waals surface area contributed by atoms with Gasteiger partial charge in [0.05, 0.1) is 12.7 Å². The summed E-state index contributed by atoms with van der Waals surface area (Å²) >= 11 is 0. The summed E-state index contributed by atoms with van der Waals surface area (Å²) in [5, 5.41) is 17.0. The van der Waals surface area contributed by atoms with Gasteiger partial charge in [-0.3, -0.25) is 0 Å². The molecule has 0 heterocycles. The van der Waals surface area contributed by atoms with E-state index in [1.165, 1.54) is 0 Å². The van der Waals surface area contributed by atoms with E-state index in [2.05, 4.69) is 6.58 Å². The van der Waals surface area contributed by atoms with Crippen LogP contribution in [-0.2, 0) is 17.1 Å². The average Bonchev–Trinajstić information content (AvgIpc) is 1.83. The first-order chi connectivity index (χ1) is 3.81. The van der Waals surface area contributed by atoms with Crippen molar-refractivity contribution in [3.8, 4) is 0 Å². The van der Waals surface area contributed by atoms with Crippen LogP contribution in [0.25, 0.3) is 0 Å². The van der Waals surface area contributed by atoms with Crippen LogP contribution in [0, 0.1) is 0 Å². The Balaban J connectivity index is -0.0000000817. The first kappa shape index (κ1) is 22.5. The average molecular weight is 207 g/mol. The summed E-state index contributed by atoms with van der Waals surface area (Å²) in [5.74, 6) is 0. The summed E-state index contributed by atoms with van der Waals surface area (Å²) in [5.41, 5.74) is 0. The fourth-order valence-corrected chi connectivity index (χ4v) is 0.402. The van der Waals surface area contributed by atoms with E-state index in [-0.39, 0.29) is 34.6 Å². The van der Waals surface area contributed by atoms with E-state index in [0.29, 0.717) is 6.42 Å². The molecule has 1 atom stereocenters. The quantitative estimate of drug-likeness (QED) is 0.439. The molecule has 0 aliphatic heterocycles. The molecule has 0 aromatic rings. The number of hydrogen-bond acceptors (Lipinski definition) is 2. The molecule has 0 aliphatic rings. The second-order valence-electron chi connectivity index (χ2n) is 1.70. The molecule has 0 amide bonds. The van der Waals surface area contributed by atoms with Crippen molar-refractivity contribution in [1.82, 2.24) is 0 Å². The first-order valence-corrected chi connectivity index (χ1v) is 2.71. The topological polar surface area (TPSA) is 103 Å². The molecule has 0 spiro atoms. The van der Waals surface area contributed by atoms with Crippen LogP contribution in [0.15, 0.2) is 12.7 Å². The molecule has 11 heavy (non-hydrogen) atoms. The van der Waals surface area contributed by atoms with Crippen molar-refractivity contribution in [2.45, 2.75) is 18.9 Å². The minimum Gasteiger partial charge on any atom is -0.412 e. The molecule has 5 heteroatoms. The molecule has 0 rings (SSSR count). The number of allylic oxidation sites excluding steroid dienone is 1. The van der Waals surface area contributed by atoms with Crippen molar-refractivity contribution in [1.29, 1.82) is 0 Å². The molecule has 0 aliphatic carbocycles. The van der Waals surface area contributed by atoms with E-state index >= 15 is 0 Å². The predicted octanol–water partition coefficient (Wildman–Crippen LogP) is -1.35. The Kier molecular flexibility index (Phi) is 33.9. The zero-order valence-corrected chi connectivity index (χ0v) is 7.44. The van der Waals surface area contributed by atoms with Gasteiger partial charge in [-0.15, -0.1) is 6.58 Å². The van der Waals surface area contributed by atoms with Crippen LogP contribution >= 0.6 is 0 Å². The molecular formula is C6H16MnO4. The molecule has 1 radical (unpaired) electrons. The summed E-state index contributed by atoms with van der Waals surface area (Å²) < 4.78 is 0. The van der Waals surface area contributed by atoms with E-state index in [0.717, 1.165) is 6.42 Å². The Morgan fingerprint density at radius 1 is 1.36 bits per heavy atom. The summed E-state index contributed by atoms with van der Waals surface area (Å²) in [6, 6.07) is 0. The van der Waals surface area contributed by atoms with Gasteiger partial charge in [0.25, 0.3) is 0 Å². The van der Waals surface area contributed by atoms with Gasteiger partial charge >= 0.3 is 0 Å². The van der Waals surface area contributed by atoms with E-state index in [1.54, 1.807) is 6.08 Å². The monoisotopic (exact) mass is 207 g/mol. The maximum Gasteiger partial charge on any atom is 0.0773 e. The summed E-state index contributed by atoms with van der Waals surface area (Å²) in [6.07, 6.45) is 2.54. The number of hydrogen-bond donors (Lipinski definition) is 2. The van der Waals surface area contributed by atoms with Gasteiger partial charge in [-0.25, -0.2) is 0 Å². The van der Waals surface area contributed by atoms with Gasteiger partial charge in [0.2, 0.25) is 0 Å². The van der Waals surface area contributed by atoms with Gasteiger partial charge in [0.15, 0.2) is 0 Å². The minimum atomic E-state index is -0.562. The van der Waals surface area contributed by atoms with Crippen LogP contribution < -0.4 is 0 Å². The largest absolute Gasteiger partial charge is 0.412 e. The van der Waals surface area contributed by atoms with Gasteiger partial charge in [-0.1, -0.05) is 6.08 Å². The maximum absolute atomic E-state index is 8.69. The van der Waals surface area contributed by atoms with Crippen LogP contribution in [0.2, 0.25) is 0 Å². The Morgan fingerprint density at radius 2 is 1.82 bits per heavy atom. The van der Waals surface area contributed by atoms with Crippen LogP contribution in [0.1, 0.15) is 12.8 Å². The standard InChI is InChI=1S/C6H12O2.Mn.2H2O/c1-2-3-4-6(8)5-7;;;/h2,6-8H,1,3-5H2;;2*1H2/t6-;;;/m1.../s1. The van der Waals surface area contributed by atoms with Crippen LogP contribution in [0.5, 0.6) is 0 Å². The van der Waals surface area contributed by atoms with Crippen molar-refractivity contribution in [3.63, 3.8) is 0 Å². The molecular weight excluding hydrogens is 191 g/mol. The van der Waals surface area contributed by atoms with E-state index in [4.69, 9.17) is 10.2 Å². The molecule has 71 valence electrons. The van der Waals surface area contributed by atoms with Gasteiger partial charge in [0.1, 0.15) is 0 Å². The second kappa shape index (κ2) is 16.6.